The van der Waals surface area contributed by atoms with Gasteiger partial charge in [0.25, 0.3) is 0 Å². The second-order valence-corrected chi connectivity index (χ2v) is 3.31. The molecule has 70 valence electrons. The third kappa shape index (κ3) is 2.03. The molecule has 0 atom stereocenters. The van der Waals surface area contributed by atoms with Gasteiger partial charge in [-0.1, -0.05) is 28.1 Å². The molecule has 1 rings (SSSR count). The van der Waals surface area contributed by atoms with E-state index in [-0.39, 0.29) is 0 Å². The van der Waals surface area contributed by atoms with Gasteiger partial charge in [0.2, 0.25) is 0 Å². The van der Waals surface area contributed by atoms with Gasteiger partial charge in [0.1, 0.15) is 0 Å². The summed E-state index contributed by atoms with van der Waals surface area (Å²) < 4.78 is 26.1. The number of aliphatic carboxylic acids is 1. The Kier molecular flexibility index (Phi) is 2.66. The molecule has 13 heavy (non-hydrogen) atoms. The molecule has 1 aromatic carbocycles. The van der Waals surface area contributed by atoms with Gasteiger partial charge in [0.15, 0.2) is 0 Å². The van der Waals surface area contributed by atoms with Crippen molar-refractivity contribution in [2.75, 3.05) is 0 Å². The first kappa shape index (κ1) is 10.1. The molecule has 0 bridgehead atoms. The molecule has 0 aliphatic carbocycles. The van der Waals surface area contributed by atoms with Crippen molar-refractivity contribution in [2.24, 2.45) is 0 Å². The average molecular weight is 251 g/mol. The normalized spacial score (nSPS) is 11.3. The van der Waals surface area contributed by atoms with Gasteiger partial charge in [0.05, 0.1) is 0 Å². The molecule has 0 saturated carbocycles. The molecule has 1 aromatic rings. The van der Waals surface area contributed by atoms with Crippen molar-refractivity contribution >= 4 is 21.9 Å². The van der Waals surface area contributed by atoms with E-state index in [1.165, 1.54) is 6.07 Å². The van der Waals surface area contributed by atoms with Gasteiger partial charge >= 0.3 is 11.9 Å². The fourth-order valence-corrected chi connectivity index (χ4v) is 1.21. The third-order valence-corrected chi connectivity index (χ3v) is 1.95. The smallest absolute Gasteiger partial charge is 0.379 e. The minimum absolute atomic E-state index is 0.422. The van der Waals surface area contributed by atoms with E-state index >= 15 is 0 Å². The Labute approximate surface area is 81.3 Å². The van der Waals surface area contributed by atoms with Gasteiger partial charge in [-0.3, -0.25) is 0 Å². The van der Waals surface area contributed by atoms with Gasteiger partial charge < -0.3 is 5.11 Å². The standard InChI is InChI=1S/C8H5BrF2O2/c9-6-3-1-2-5(4-6)8(10,11)7(12)13/h1-4H,(H,12,13). The van der Waals surface area contributed by atoms with Crippen molar-refractivity contribution in [3.8, 4) is 0 Å². The number of benzene rings is 1. The Hall–Kier alpha value is -0.970. The van der Waals surface area contributed by atoms with Crippen LogP contribution in [0.25, 0.3) is 0 Å². The maximum Gasteiger partial charge on any atom is 0.379 e. The minimum Gasteiger partial charge on any atom is -0.477 e. The van der Waals surface area contributed by atoms with E-state index in [1.54, 1.807) is 6.07 Å². The Balaban J connectivity index is 3.14. The highest BCUT2D eigenvalue weighted by Gasteiger charge is 2.40. The first-order valence-electron chi connectivity index (χ1n) is 3.32. The van der Waals surface area contributed by atoms with Gasteiger partial charge in [-0.25, -0.2) is 4.79 Å². The van der Waals surface area contributed by atoms with Crippen molar-refractivity contribution in [2.45, 2.75) is 5.92 Å². The summed E-state index contributed by atoms with van der Waals surface area (Å²) in [5.74, 6) is -5.98. The lowest BCUT2D eigenvalue weighted by Crippen LogP contribution is -2.25. The zero-order valence-electron chi connectivity index (χ0n) is 6.30. The van der Waals surface area contributed by atoms with Crippen LogP contribution in [-0.2, 0) is 10.7 Å². The molecule has 0 aliphatic heterocycles. The fraction of sp³-hybridized carbons (Fsp3) is 0.125. The summed E-state index contributed by atoms with van der Waals surface area (Å²) in [6.45, 7) is 0. The van der Waals surface area contributed by atoms with Crippen molar-refractivity contribution in [1.82, 2.24) is 0 Å². The van der Waals surface area contributed by atoms with Crippen molar-refractivity contribution < 1.29 is 18.7 Å². The molecule has 0 unspecified atom stereocenters. The Morgan fingerprint density at radius 1 is 1.46 bits per heavy atom. The molecule has 0 saturated heterocycles. The number of carboxylic acids is 1. The van der Waals surface area contributed by atoms with E-state index in [9.17, 15) is 13.6 Å². The molecule has 0 aliphatic rings. The van der Waals surface area contributed by atoms with E-state index in [1.807, 2.05) is 0 Å². The highest BCUT2D eigenvalue weighted by molar-refractivity contribution is 9.10. The number of carboxylic acid groups (broad SMARTS) is 1. The van der Waals surface area contributed by atoms with Crippen LogP contribution in [0.4, 0.5) is 8.78 Å². The number of hydrogen-bond acceptors (Lipinski definition) is 1. The molecule has 0 aromatic heterocycles. The molecular weight excluding hydrogens is 246 g/mol. The number of alkyl halides is 2. The lowest BCUT2D eigenvalue weighted by molar-refractivity contribution is -0.166. The van der Waals surface area contributed by atoms with Gasteiger partial charge in [0, 0.05) is 10.0 Å². The molecule has 2 nitrogen and oxygen atoms in total. The summed E-state index contributed by atoms with van der Waals surface area (Å²) in [6.07, 6.45) is 0. The van der Waals surface area contributed by atoms with E-state index in [0.29, 0.717) is 4.47 Å². The maximum atomic E-state index is 12.8. The Bertz CT molecular complexity index is 339. The van der Waals surface area contributed by atoms with Crippen LogP contribution >= 0.6 is 15.9 Å². The van der Waals surface area contributed by atoms with Crippen LogP contribution in [0.1, 0.15) is 5.56 Å². The third-order valence-electron chi connectivity index (χ3n) is 1.46. The fourth-order valence-electron chi connectivity index (χ4n) is 0.807. The summed E-state index contributed by atoms with van der Waals surface area (Å²) in [5, 5.41) is 8.22. The predicted molar refractivity (Wildman–Crippen MR) is 45.7 cm³/mol. The van der Waals surface area contributed by atoms with Gasteiger partial charge in [-0.15, -0.1) is 0 Å². The molecule has 0 spiro atoms. The van der Waals surface area contributed by atoms with Crippen molar-refractivity contribution in [3.63, 3.8) is 0 Å². The summed E-state index contributed by atoms with van der Waals surface area (Å²) in [4.78, 5) is 10.2. The highest BCUT2D eigenvalue weighted by atomic mass is 79.9. The second-order valence-electron chi connectivity index (χ2n) is 2.39. The molecule has 0 amide bonds. The SMILES string of the molecule is O=C(O)C(F)(F)c1cccc(Br)c1. The van der Waals surface area contributed by atoms with Crippen molar-refractivity contribution in [3.05, 3.63) is 34.3 Å². The Morgan fingerprint density at radius 2 is 2.08 bits per heavy atom. The van der Waals surface area contributed by atoms with Gasteiger partial charge in [-0.05, 0) is 12.1 Å². The predicted octanol–water partition coefficient (Wildman–Crippen LogP) is 2.63. The number of rotatable bonds is 2. The average Bonchev–Trinajstić information content (AvgIpc) is 2.04. The highest BCUT2D eigenvalue weighted by Crippen LogP contribution is 2.29. The zero-order valence-corrected chi connectivity index (χ0v) is 7.88. The molecule has 5 heteroatoms. The topological polar surface area (TPSA) is 37.3 Å². The zero-order chi connectivity index (χ0) is 10.1. The van der Waals surface area contributed by atoms with Crippen LogP contribution in [0.3, 0.4) is 0 Å². The lowest BCUT2D eigenvalue weighted by Gasteiger charge is -2.10. The summed E-state index contributed by atoms with van der Waals surface area (Å²) in [5.41, 5.74) is -0.533. The quantitative estimate of drug-likeness (QED) is 0.877. The molecule has 0 radical (unpaired) electrons. The van der Waals surface area contributed by atoms with Crippen LogP contribution in [0.15, 0.2) is 28.7 Å². The lowest BCUT2D eigenvalue weighted by atomic mass is 10.1. The largest absolute Gasteiger partial charge is 0.477 e. The first-order valence-corrected chi connectivity index (χ1v) is 4.11. The minimum atomic E-state index is -3.83. The van der Waals surface area contributed by atoms with Crippen LogP contribution in [0.5, 0.6) is 0 Å². The van der Waals surface area contributed by atoms with Crippen molar-refractivity contribution in [1.29, 1.82) is 0 Å². The molecule has 0 heterocycles. The first-order chi connectivity index (χ1) is 5.94. The Morgan fingerprint density at radius 3 is 2.54 bits per heavy atom. The molecule has 1 N–H and O–H groups in total. The maximum absolute atomic E-state index is 12.8. The van der Waals surface area contributed by atoms with E-state index in [2.05, 4.69) is 15.9 Å². The summed E-state index contributed by atoms with van der Waals surface area (Å²) in [6, 6.07) is 5.05. The van der Waals surface area contributed by atoms with E-state index < -0.39 is 17.5 Å². The van der Waals surface area contributed by atoms with Crippen LogP contribution in [0, 0.1) is 0 Å². The van der Waals surface area contributed by atoms with E-state index in [4.69, 9.17) is 5.11 Å². The van der Waals surface area contributed by atoms with Crippen LogP contribution < -0.4 is 0 Å². The molecule has 0 fully saturated rings. The monoisotopic (exact) mass is 250 g/mol. The summed E-state index contributed by atoms with van der Waals surface area (Å²) >= 11 is 2.98. The van der Waals surface area contributed by atoms with Gasteiger partial charge in [-0.2, -0.15) is 8.78 Å². The number of hydrogen-bond donors (Lipinski definition) is 1. The molecular formula is C8H5BrF2O2. The van der Waals surface area contributed by atoms with E-state index in [0.717, 1.165) is 12.1 Å². The second kappa shape index (κ2) is 3.41. The summed E-state index contributed by atoms with van der Waals surface area (Å²) in [7, 11) is 0. The van der Waals surface area contributed by atoms with Crippen LogP contribution in [0.2, 0.25) is 0 Å². The van der Waals surface area contributed by atoms with Crippen LogP contribution in [-0.4, -0.2) is 11.1 Å². The number of carbonyl (C=O) groups is 1. The number of halogens is 3.